The maximum atomic E-state index is 11.9. The Kier molecular flexibility index (Phi) is 4.56. The highest BCUT2D eigenvalue weighted by atomic mass is 16.5. The van der Waals surface area contributed by atoms with Crippen LogP contribution in [0.15, 0.2) is 0 Å². The highest BCUT2D eigenvalue weighted by molar-refractivity contribution is 5.76. The summed E-state index contributed by atoms with van der Waals surface area (Å²) in [4.78, 5) is 24.0. The number of aliphatic carboxylic acids is 1. The Labute approximate surface area is 107 Å². The van der Waals surface area contributed by atoms with Crippen LogP contribution in [-0.2, 0) is 9.53 Å². The van der Waals surface area contributed by atoms with Crippen molar-refractivity contribution in [1.82, 2.24) is 10.2 Å². The molecule has 0 aliphatic carbocycles. The fourth-order valence-corrected chi connectivity index (χ4v) is 1.83. The van der Waals surface area contributed by atoms with Gasteiger partial charge < -0.3 is 20.1 Å². The maximum Gasteiger partial charge on any atom is 0.317 e. The Morgan fingerprint density at radius 1 is 1.56 bits per heavy atom. The van der Waals surface area contributed by atoms with Crippen molar-refractivity contribution < 1.29 is 19.4 Å². The standard InChI is InChI=1S/C12H22N2O4/c1-8(10(15)16)5-14(4)11(17)13-9-6-18-7-12(9,2)3/h8-9H,5-7H2,1-4H3,(H,13,17)(H,15,16). The van der Waals surface area contributed by atoms with E-state index in [1.54, 1.807) is 14.0 Å². The molecule has 0 saturated carbocycles. The number of nitrogens with one attached hydrogen (secondary N) is 1. The van der Waals surface area contributed by atoms with Crippen LogP contribution >= 0.6 is 0 Å². The molecule has 0 aromatic rings. The van der Waals surface area contributed by atoms with Crippen molar-refractivity contribution in [2.45, 2.75) is 26.8 Å². The molecule has 1 rings (SSSR count). The van der Waals surface area contributed by atoms with E-state index in [0.717, 1.165) is 0 Å². The number of rotatable bonds is 4. The molecule has 2 unspecified atom stereocenters. The van der Waals surface area contributed by atoms with E-state index in [-0.39, 0.29) is 24.0 Å². The molecule has 18 heavy (non-hydrogen) atoms. The SMILES string of the molecule is CC(CN(C)C(=O)NC1COCC1(C)C)C(=O)O. The average Bonchev–Trinajstić information content (AvgIpc) is 2.57. The van der Waals surface area contributed by atoms with Gasteiger partial charge in [-0.2, -0.15) is 0 Å². The Bertz CT molecular complexity index is 330. The highest BCUT2D eigenvalue weighted by Crippen LogP contribution is 2.27. The predicted octanol–water partition coefficient (Wildman–Crippen LogP) is 0.773. The van der Waals surface area contributed by atoms with E-state index in [0.29, 0.717) is 13.2 Å². The maximum absolute atomic E-state index is 11.9. The molecule has 2 N–H and O–H groups in total. The molecule has 104 valence electrons. The average molecular weight is 258 g/mol. The minimum Gasteiger partial charge on any atom is -0.481 e. The summed E-state index contributed by atoms with van der Waals surface area (Å²) in [7, 11) is 1.59. The molecule has 1 heterocycles. The first-order valence-electron chi connectivity index (χ1n) is 6.06. The lowest BCUT2D eigenvalue weighted by atomic mass is 9.88. The van der Waals surface area contributed by atoms with Gasteiger partial charge in [0.1, 0.15) is 0 Å². The van der Waals surface area contributed by atoms with Gasteiger partial charge in [-0.25, -0.2) is 4.79 Å². The van der Waals surface area contributed by atoms with Gasteiger partial charge in [0.25, 0.3) is 0 Å². The molecule has 6 nitrogen and oxygen atoms in total. The summed E-state index contributed by atoms with van der Waals surface area (Å²) < 4.78 is 5.34. The number of ether oxygens (including phenoxy) is 1. The molecular formula is C12H22N2O4. The van der Waals surface area contributed by atoms with Crippen LogP contribution in [0.1, 0.15) is 20.8 Å². The number of urea groups is 1. The molecule has 0 aromatic carbocycles. The van der Waals surface area contributed by atoms with Crippen LogP contribution < -0.4 is 5.32 Å². The molecule has 6 heteroatoms. The van der Waals surface area contributed by atoms with Crippen LogP contribution in [0.2, 0.25) is 0 Å². The number of carboxylic acids is 1. The number of nitrogens with zero attached hydrogens (tertiary/aromatic N) is 1. The molecule has 0 aromatic heterocycles. The van der Waals surface area contributed by atoms with Crippen LogP contribution in [0.5, 0.6) is 0 Å². The Morgan fingerprint density at radius 3 is 2.61 bits per heavy atom. The van der Waals surface area contributed by atoms with E-state index in [4.69, 9.17) is 9.84 Å². The molecule has 2 atom stereocenters. The summed E-state index contributed by atoms with van der Waals surface area (Å²) in [5.41, 5.74) is -0.0884. The van der Waals surface area contributed by atoms with Crippen molar-refractivity contribution >= 4 is 12.0 Å². The third kappa shape index (κ3) is 3.60. The lowest BCUT2D eigenvalue weighted by Crippen LogP contribution is -2.50. The zero-order chi connectivity index (χ0) is 13.9. The highest BCUT2D eigenvalue weighted by Gasteiger charge is 2.37. The van der Waals surface area contributed by atoms with E-state index < -0.39 is 11.9 Å². The van der Waals surface area contributed by atoms with Gasteiger partial charge in [-0.05, 0) is 0 Å². The van der Waals surface area contributed by atoms with Gasteiger partial charge in [-0.15, -0.1) is 0 Å². The first kappa shape index (κ1) is 14.8. The van der Waals surface area contributed by atoms with Crippen molar-refractivity contribution in [3.8, 4) is 0 Å². The van der Waals surface area contributed by atoms with Gasteiger partial charge >= 0.3 is 12.0 Å². The normalized spacial score (nSPS) is 23.4. The second-order valence-corrected chi connectivity index (χ2v) is 5.63. The third-order valence-electron chi connectivity index (χ3n) is 3.32. The van der Waals surface area contributed by atoms with Crippen molar-refractivity contribution in [2.24, 2.45) is 11.3 Å². The summed E-state index contributed by atoms with van der Waals surface area (Å²) in [6.45, 7) is 6.95. The predicted molar refractivity (Wildman–Crippen MR) is 66.3 cm³/mol. The van der Waals surface area contributed by atoms with Gasteiger partial charge in [0.15, 0.2) is 0 Å². The van der Waals surface area contributed by atoms with E-state index in [2.05, 4.69) is 5.32 Å². The number of carboxylic acid groups (broad SMARTS) is 1. The minimum absolute atomic E-state index is 0.0346. The minimum atomic E-state index is -0.904. The largest absolute Gasteiger partial charge is 0.481 e. The second kappa shape index (κ2) is 5.56. The molecule has 0 radical (unpaired) electrons. The van der Waals surface area contributed by atoms with Crippen molar-refractivity contribution in [3.05, 3.63) is 0 Å². The zero-order valence-electron chi connectivity index (χ0n) is 11.4. The fraction of sp³-hybridized carbons (Fsp3) is 0.833. The van der Waals surface area contributed by atoms with Gasteiger partial charge in [0, 0.05) is 19.0 Å². The number of hydrogen-bond acceptors (Lipinski definition) is 3. The summed E-state index contributed by atoms with van der Waals surface area (Å²) in [6, 6.07) is -0.292. The summed E-state index contributed by atoms with van der Waals surface area (Å²) in [6.07, 6.45) is 0. The van der Waals surface area contributed by atoms with Crippen molar-refractivity contribution in [3.63, 3.8) is 0 Å². The molecular weight excluding hydrogens is 236 g/mol. The number of amides is 2. The van der Waals surface area contributed by atoms with Crippen LogP contribution in [0.25, 0.3) is 0 Å². The Morgan fingerprint density at radius 2 is 2.17 bits per heavy atom. The van der Waals surface area contributed by atoms with Crippen LogP contribution in [-0.4, -0.2) is 54.9 Å². The molecule has 1 saturated heterocycles. The Balaban J connectivity index is 2.47. The van der Waals surface area contributed by atoms with Gasteiger partial charge in [-0.1, -0.05) is 20.8 Å². The van der Waals surface area contributed by atoms with E-state index >= 15 is 0 Å². The lowest BCUT2D eigenvalue weighted by Gasteiger charge is -2.28. The summed E-state index contributed by atoms with van der Waals surface area (Å²) >= 11 is 0. The zero-order valence-corrected chi connectivity index (χ0v) is 11.4. The van der Waals surface area contributed by atoms with Crippen LogP contribution in [0.3, 0.4) is 0 Å². The van der Waals surface area contributed by atoms with Crippen molar-refractivity contribution in [2.75, 3.05) is 26.8 Å². The first-order chi connectivity index (χ1) is 8.24. The quantitative estimate of drug-likeness (QED) is 0.780. The van der Waals surface area contributed by atoms with E-state index in [1.807, 2.05) is 13.8 Å². The number of hydrogen-bond donors (Lipinski definition) is 2. The molecule has 2 amide bonds. The number of carbonyl (C=O) groups excluding carboxylic acids is 1. The second-order valence-electron chi connectivity index (χ2n) is 5.63. The molecule has 1 fully saturated rings. The molecule has 0 spiro atoms. The molecule has 1 aliphatic rings. The third-order valence-corrected chi connectivity index (χ3v) is 3.32. The lowest BCUT2D eigenvalue weighted by molar-refractivity contribution is -0.141. The first-order valence-corrected chi connectivity index (χ1v) is 6.06. The van der Waals surface area contributed by atoms with Gasteiger partial charge in [0.2, 0.25) is 0 Å². The van der Waals surface area contributed by atoms with E-state index in [1.165, 1.54) is 4.90 Å². The number of carbonyl (C=O) groups is 2. The van der Waals surface area contributed by atoms with E-state index in [9.17, 15) is 9.59 Å². The molecule has 0 bridgehead atoms. The van der Waals surface area contributed by atoms with Gasteiger partial charge in [-0.3, -0.25) is 4.79 Å². The summed E-state index contributed by atoms with van der Waals surface area (Å²) in [5.74, 6) is -1.48. The van der Waals surface area contributed by atoms with Crippen LogP contribution in [0.4, 0.5) is 4.79 Å². The summed E-state index contributed by atoms with van der Waals surface area (Å²) in [5, 5.41) is 11.7. The van der Waals surface area contributed by atoms with Crippen molar-refractivity contribution in [1.29, 1.82) is 0 Å². The topological polar surface area (TPSA) is 78.9 Å². The molecule has 1 aliphatic heterocycles. The van der Waals surface area contributed by atoms with Gasteiger partial charge in [0.05, 0.1) is 25.2 Å². The smallest absolute Gasteiger partial charge is 0.317 e. The fourth-order valence-electron chi connectivity index (χ4n) is 1.83. The Hall–Kier alpha value is -1.30. The van der Waals surface area contributed by atoms with Crippen LogP contribution in [0, 0.1) is 11.3 Å². The monoisotopic (exact) mass is 258 g/mol.